The molecule has 2 fully saturated rings. The van der Waals surface area contributed by atoms with Crippen LogP contribution in [0.5, 0.6) is 0 Å². The van der Waals surface area contributed by atoms with E-state index in [0.29, 0.717) is 6.04 Å². The van der Waals surface area contributed by atoms with E-state index in [1.807, 2.05) is 0 Å². The van der Waals surface area contributed by atoms with Gasteiger partial charge in [-0.3, -0.25) is 4.90 Å². The zero-order valence-electron chi connectivity index (χ0n) is 12.3. The molecular formula is C15H20N4OS. The van der Waals surface area contributed by atoms with Crippen molar-refractivity contribution in [2.45, 2.75) is 19.4 Å². The van der Waals surface area contributed by atoms with E-state index in [9.17, 15) is 0 Å². The molecule has 0 spiro atoms. The van der Waals surface area contributed by atoms with E-state index in [1.165, 1.54) is 16.7 Å². The van der Waals surface area contributed by atoms with E-state index in [0.717, 1.165) is 50.7 Å². The Kier molecular flexibility index (Phi) is 3.52. The molecule has 0 aliphatic carbocycles. The lowest BCUT2D eigenvalue weighted by molar-refractivity contribution is 0.0209. The van der Waals surface area contributed by atoms with Gasteiger partial charge in [0.05, 0.1) is 23.4 Å². The third-order valence-corrected chi connectivity index (χ3v) is 5.62. The highest BCUT2D eigenvalue weighted by atomic mass is 32.1. The van der Waals surface area contributed by atoms with Crippen molar-refractivity contribution in [2.24, 2.45) is 0 Å². The van der Waals surface area contributed by atoms with Crippen molar-refractivity contribution in [1.29, 1.82) is 0 Å². The SMILES string of the molecule is Cc1csc2c(N3CCC(N4CCOCC4)C3)ncnc12. The number of morpholine rings is 1. The average molecular weight is 304 g/mol. The lowest BCUT2D eigenvalue weighted by Crippen LogP contribution is -2.44. The minimum absolute atomic E-state index is 0.639. The quantitative estimate of drug-likeness (QED) is 0.848. The Morgan fingerprint density at radius 3 is 2.95 bits per heavy atom. The first-order valence-corrected chi connectivity index (χ1v) is 8.46. The number of aryl methyl sites for hydroxylation is 1. The maximum absolute atomic E-state index is 5.46. The number of aromatic nitrogens is 2. The van der Waals surface area contributed by atoms with E-state index in [-0.39, 0.29) is 0 Å². The van der Waals surface area contributed by atoms with Crippen LogP contribution in [0.25, 0.3) is 10.2 Å². The molecule has 0 saturated carbocycles. The minimum Gasteiger partial charge on any atom is -0.379 e. The Morgan fingerprint density at radius 1 is 1.24 bits per heavy atom. The molecule has 2 aliphatic heterocycles. The van der Waals surface area contributed by atoms with Crippen molar-refractivity contribution in [3.05, 3.63) is 17.3 Å². The molecule has 21 heavy (non-hydrogen) atoms. The van der Waals surface area contributed by atoms with Crippen molar-refractivity contribution in [3.8, 4) is 0 Å². The maximum atomic E-state index is 5.46. The fourth-order valence-electron chi connectivity index (χ4n) is 3.36. The first-order valence-electron chi connectivity index (χ1n) is 7.58. The van der Waals surface area contributed by atoms with Crippen LogP contribution in [0, 0.1) is 6.92 Å². The number of thiophene rings is 1. The Labute approximate surface area is 128 Å². The minimum atomic E-state index is 0.639. The van der Waals surface area contributed by atoms with Gasteiger partial charge in [-0.1, -0.05) is 0 Å². The highest BCUT2D eigenvalue weighted by molar-refractivity contribution is 7.18. The number of anilines is 1. The van der Waals surface area contributed by atoms with Crippen LogP contribution < -0.4 is 4.90 Å². The molecule has 5 nitrogen and oxygen atoms in total. The van der Waals surface area contributed by atoms with Crippen LogP contribution in [0.3, 0.4) is 0 Å². The molecular weight excluding hydrogens is 284 g/mol. The number of rotatable bonds is 2. The molecule has 6 heteroatoms. The first kappa shape index (κ1) is 13.4. The molecule has 0 bridgehead atoms. The fraction of sp³-hybridized carbons (Fsp3) is 0.600. The van der Waals surface area contributed by atoms with Gasteiger partial charge >= 0.3 is 0 Å². The number of hydrogen-bond acceptors (Lipinski definition) is 6. The molecule has 4 rings (SSSR count). The second-order valence-electron chi connectivity index (χ2n) is 5.83. The summed E-state index contributed by atoms with van der Waals surface area (Å²) in [6.45, 7) is 8.16. The smallest absolute Gasteiger partial charge is 0.150 e. The Morgan fingerprint density at radius 2 is 2.10 bits per heavy atom. The van der Waals surface area contributed by atoms with Gasteiger partial charge in [0.1, 0.15) is 12.1 Å². The van der Waals surface area contributed by atoms with Crippen molar-refractivity contribution in [1.82, 2.24) is 14.9 Å². The molecule has 0 amide bonds. The molecule has 1 atom stereocenters. The summed E-state index contributed by atoms with van der Waals surface area (Å²) in [5.74, 6) is 1.12. The molecule has 0 N–H and O–H groups in total. The molecule has 0 radical (unpaired) electrons. The summed E-state index contributed by atoms with van der Waals surface area (Å²) < 4.78 is 6.69. The van der Waals surface area contributed by atoms with E-state index < -0.39 is 0 Å². The molecule has 112 valence electrons. The van der Waals surface area contributed by atoms with Crippen molar-refractivity contribution < 1.29 is 4.74 Å². The summed E-state index contributed by atoms with van der Waals surface area (Å²) in [4.78, 5) is 14.0. The van der Waals surface area contributed by atoms with Crippen LogP contribution in [-0.4, -0.2) is 60.3 Å². The third-order valence-electron chi connectivity index (χ3n) is 4.54. The van der Waals surface area contributed by atoms with Crippen LogP contribution in [0.4, 0.5) is 5.82 Å². The normalized spacial score (nSPS) is 24.0. The maximum Gasteiger partial charge on any atom is 0.150 e. The largest absolute Gasteiger partial charge is 0.379 e. The zero-order chi connectivity index (χ0) is 14.2. The Bertz CT molecular complexity index is 638. The number of hydrogen-bond donors (Lipinski definition) is 0. The van der Waals surface area contributed by atoms with Crippen LogP contribution in [0.15, 0.2) is 11.7 Å². The molecule has 2 aliphatic rings. The molecule has 2 saturated heterocycles. The first-order chi connectivity index (χ1) is 10.3. The van der Waals surface area contributed by atoms with Crippen LogP contribution in [0.1, 0.15) is 12.0 Å². The molecule has 1 unspecified atom stereocenters. The monoisotopic (exact) mass is 304 g/mol. The van der Waals surface area contributed by atoms with Gasteiger partial charge in [0.15, 0.2) is 0 Å². The second kappa shape index (κ2) is 5.51. The highest BCUT2D eigenvalue weighted by Crippen LogP contribution is 2.33. The second-order valence-corrected chi connectivity index (χ2v) is 6.71. The van der Waals surface area contributed by atoms with Gasteiger partial charge in [0.2, 0.25) is 0 Å². The Hall–Kier alpha value is -1.24. The van der Waals surface area contributed by atoms with Crippen molar-refractivity contribution in [2.75, 3.05) is 44.3 Å². The van der Waals surface area contributed by atoms with Gasteiger partial charge in [-0.05, 0) is 24.3 Å². The summed E-state index contributed by atoms with van der Waals surface area (Å²) in [6, 6.07) is 0.639. The van der Waals surface area contributed by atoms with Gasteiger partial charge in [0, 0.05) is 32.2 Å². The number of nitrogens with zero attached hydrogens (tertiary/aromatic N) is 4. The van der Waals surface area contributed by atoms with E-state index in [4.69, 9.17) is 4.74 Å². The van der Waals surface area contributed by atoms with Gasteiger partial charge in [-0.2, -0.15) is 0 Å². The predicted octanol–water partition coefficient (Wildman–Crippen LogP) is 1.91. The molecule has 0 aromatic carbocycles. The molecule has 2 aromatic heterocycles. The van der Waals surface area contributed by atoms with E-state index in [2.05, 4.69) is 32.1 Å². The summed E-state index contributed by atoms with van der Waals surface area (Å²) in [5.41, 5.74) is 2.36. The van der Waals surface area contributed by atoms with Gasteiger partial charge in [-0.25, -0.2) is 9.97 Å². The van der Waals surface area contributed by atoms with E-state index in [1.54, 1.807) is 17.7 Å². The molecule has 2 aromatic rings. The number of ether oxygens (including phenoxy) is 1. The third kappa shape index (κ3) is 2.41. The number of fused-ring (bicyclic) bond motifs is 1. The summed E-state index contributed by atoms with van der Waals surface area (Å²) in [5, 5.41) is 2.18. The lowest BCUT2D eigenvalue weighted by Gasteiger charge is -2.32. The van der Waals surface area contributed by atoms with Crippen molar-refractivity contribution >= 4 is 27.4 Å². The van der Waals surface area contributed by atoms with Crippen LogP contribution in [-0.2, 0) is 4.74 Å². The lowest BCUT2D eigenvalue weighted by atomic mass is 10.2. The zero-order valence-corrected chi connectivity index (χ0v) is 13.1. The van der Waals surface area contributed by atoms with Gasteiger partial charge < -0.3 is 9.64 Å². The average Bonchev–Trinajstić information content (AvgIpc) is 3.16. The van der Waals surface area contributed by atoms with Crippen molar-refractivity contribution in [3.63, 3.8) is 0 Å². The van der Waals surface area contributed by atoms with Crippen LogP contribution >= 0.6 is 11.3 Å². The van der Waals surface area contributed by atoms with Gasteiger partial charge in [-0.15, -0.1) is 11.3 Å². The Balaban J connectivity index is 1.56. The van der Waals surface area contributed by atoms with Gasteiger partial charge in [0.25, 0.3) is 0 Å². The molecule has 4 heterocycles. The summed E-state index contributed by atoms with van der Waals surface area (Å²) >= 11 is 1.76. The van der Waals surface area contributed by atoms with Crippen LogP contribution in [0.2, 0.25) is 0 Å². The summed E-state index contributed by atoms with van der Waals surface area (Å²) in [7, 11) is 0. The van der Waals surface area contributed by atoms with E-state index >= 15 is 0 Å². The topological polar surface area (TPSA) is 41.5 Å². The highest BCUT2D eigenvalue weighted by Gasteiger charge is 2.30. The standard InChI is InChI=1S/C15H20N4OS/c1-11-9-21-14-13(11)16-10-17-15(14)19-3-2-12(8-19)18-4-6-20-7-5-18/h9-10,12H,2-8H2,1H3. The fourth-order valence-corrected chi connectivity index (χ4v) is 4.38. The summed E-state index contributed by atoms with van der Waals surface area (Å²) in [6.07, 6.45) is 2.93. The predicted molar refractivity (Wildman–Crippen MR) is 85.2 cm³/mol.